The van der Waals surface area contributed by atoms with Crippen LogP contribution in [-0.2, 0) is 6.42 Å². The zero-order valence-electron chi connectivity index (χ0n) is 10.5. The molecule has 1 aromatic heterocycles. The molecule has 0 amide bonds. The third-order valence-electron chi connectivity index (χ3n) is 2.92. The number of aromatic nitrogens is 1. The number of rotatable bonds is 5. The number of hydrogen-bond acceptors (Lipinski definition) is 5. The minimum atomic E-state index is 0.0637. The van der Waals surface area contributed by atoms with Crippen molar-refractivity contribution < 1.29 is 4.74 Å². The number of aryl methyl sites for hydroxylation is 1. The minimum absolute atomic E-state index is 0.0637. The van der Waals surface area contributed by atoms with Gasteiger partial charge >= 0.3 is 0 Å². The van der Waals surface area contributed by atoms with Crippen LogP contribution in [0, 0.1) is 6.92 Å². The molecule has 0 fully saturated rings. The lowest BCUT2D eigenvalue weighted by atomic mass is 10.0. The summed E-state index contributed by atoms with van der Waals surface area (Å²) in [6, 6.07) is 8.05. The Bertz CT molecular complexity index is 512. The molecule has 18 heavy (non-hydrogen) atoms. The van der Waals surface area contributed by atoms with Crippen molar-refractivity contribution in [2.45, 2.75) is 19.4 Å². The van der Waals surface area contributed by atoms with Gasteiger partial charge in [-0.15, -0.1) is 11.3 Å². The van der Waals surface area contributed by atoms with Crippen LogP contribution in [0.4, 0.5) is 0 Å². The molecule has 0 saturated carbocycles. The van der Waals surface area contributed by atoms with Crippen LogP contribution < -0.4 is 16.0 Å². The highest BCUT2D eigenvalue weighted by atomic mass is 32.1. The van der Waals surface area contributed by atoms with Crippen LogP contribution in [0.2, 0.25) is 0 Å². The van der Waals surface area contributed by atoms with Crippen LogP contribution in [0.3, 0.4) is 0 Å². The number of ether oxygens (including phenoxy) is 1. The molecule has 2 rings (SSSR count). The predicted molar refractivity (Wildman–Crippen MR) is 73.6 cm³/mol. The van der Waals surface area contributed by atoms with Crippen LogP contribution >= 0.6 is 11.3 Å². The molecular weight excluding hydrogens is 246 g/mol. The van der Waals surface area contributed by atoms with Crippen molar-refractivity contribution in [2.75, 3.05) is 7.11 Å². The first kappa shape index (κ1) is 13.0. The lowest BCUT2D eigenvalue weighted by molar-refractivity contribution is 0.406. The largest absolute Gasteiger partial charge is 0.496 e. The first-order chi connectivity index (χ1) is 8.76. The molecule has 0 aliphatic rings. The maximum atomic E-state index is 5.66. The predicted octanol–water partition coefficient (Wildman–Crippen LogP) is 2.21. The van der Waals surface area contributed by atoms with E-state index in [0.717, 1.165) is 23.4 Å². The third-order valence-corrected chi connectivity index (χ3v) is 3.96. The molecule has 5 heteroatoms. The number of hydrazine groups is 1. The van der Waals surface area contributed by atoms with Crippen molar-refractivity contribution in [1.82, 2.24) is 10.4 Å². The van der Waals surface area contributed by atoms with Crippen molar-refractivity contribution in [1.29, 1.82) is 0 Å². The highest BCUT2D eigenvalue weighted by Crippen LogP contribution is 2.28. The van der Waals surface area contributed by atoms with Crippen molar-refractivity contribution >= 4 is 11.3 Å². The van der Waals surface area contributed by atoms with Gasteiger partial charge in [0.1, 0.15) is 5.75 Å². The van der Waals surface area contributed by atoms with E-state index in [1.54, 1.807) is 18.4 Å². The van der Waals surface area contributed by atoms with Crippen molar-refractivity contribution in [3.05, 3.63) is 45.9 Å². The topological polar surface area (TPSA) is 60.2 Å². The van der Waals surface area contributed by atoms with E-state index in [4.69, 9.17) is 10.6 Å². The van der Waals surface area contributed by atoms with E-state index < -0.39 is 0 Å². The molecule has 1 unspecified atom stereocenters. The van der Waals surface area contributed by atoms with E-state index in [2.05, 4.69) is 16.5 Å². The molecule has 96 valence electrons. The van der Waals surface area contributed by atoms with Gasteiger partial charge in [0.05, 0.1) is 24.4 Å². The Labute approximate surface area is 111 Å². The smallest absolute Gasteiger partial charge is 0.122 e. The number of nitrogens with two attached hydrogens (primary N) is 1. The van der Waals surface area contributed by atoms with Gasteiger partial charge in [-0.25, -0.2) is 4.98 Å². The number of nitrogens with one attached hydrogen (secondary N) is 1. The summed E-state index contributed by atoms with van der Waals surface area (Å²) in [5.74, 6) is 6.55. The van der Waals surface area contributed by atoms with Crippen molar-refractivity contribution in [3.63, 3.8) is 0 Å². The van der Waals surface area contributed by atoms with Crippen LogP contribution in [0.25, 0.3) is 0 Å². The normalized spacial score (nSPS) is 12.4. The molecule has 1 aromatic carbocycles. The van der Waals surface area contributed by atoms with Gasteiger partial charge in [0.15, 0.2) is 0 Å². The standard InChI is InChI=1S/C13H17N3OS/c1-9-13(18-8-15-9)11(16-14)7-10-5-3-4-6-12(10)17-2/h3-6,8,11,16H,7,14H2,1-2H3. The highest BCUT2D eigenvalue weighted by Gasteiger charge is 2.17. The van der Waals surface area contributed by atoms with Gasteiger partial charge in [0.25, 0.3) is 0 Å². The average molecular weight is 263 g/mol. The Hall–Kier alpha value is -1.43. The maximum Gasteiger partial charge on any atom is 0.122 e. The Balaban J connectivity index is 2.23. The number of methoxy groups -OCH3 is 1. The molecule has 3 N–H and O–H groups in total. The third kappa shape index (κ3) is 2.69. The number of nitrogens with zero attached hydrogens (tertiary/aromatic N) is 1. The summed E-state index contributed by atoms with van der Waals surface area (Å²) in [7, 11) is 1.68. The Morgan fingerprint density at radius 2 is 2.22 bits per heavy atom. The number of hydrogen-bond donors (Lipinski definition) is 2. The van der Waals surface area contributed by atoms with Gasteiger partial charge in [-0.1, -0.05) is 18.2 Å². The van der Waals surface area contributed by atoms with Gasteiger partial charge in [0, 0.05) is 4.88 Å². The highest BCUT2D eigenvalue weighted by molar-refractivity contribution is 7.09. The van der Waals surface area contributed by atoms with Gasteiger partial charge in [-0.2, -0.15) is 0 Å². The summed E-state index contributed by atoms with van der Waals surface area (Å²) in [4.78, 5) is 5.43. The van der Waals surface area contributed by atoms with Gasteiger partial charge in [0.2, 0.25) is 0 Å². The molecule has 0 radical (unpaired) electrons. The fraction of sp³-hybridized carbons (Fsp3) is 0.308. The number of benzene rings is 1. The quantitative estimate of drug-likeness (QED) is 0.641. The summed E-state index contributed by atoms with van der Waals surface area (Å²) in [6.45, 7) is 2.00. The lowest BCUT2D eigenvalue weighted by Crippen LogP contribution is -2.29. The van der Waals surface area contributed by atoms with E-state index in [9.17, 15) is 0 Å². The van der Waals surface area contributed by atoms with Gasteiger partial charge < -0.3 is 4.74 Å². The molecule has 0 saturated heterocycles. The van der Waals surface area contributed by atoms with Crippen molar-refractivity contribution in [3.8, 4) is 5.75 Å². The Kier molecular flexibility index (Phi) is 4.30. The van der Waals surface area contributed by atoms with Gasteiger partial charge in [-0.05, 0) is 25.0 Å². The van der Waals surface area contributed by atoms with Crippen molar-refractivity contribution in [2.24, 2.45) is 5.84 Å². The summed E-state index contributed by atoms with van der Waals surface area (Å²) in [5, 5.41) is 0. The second-order valence-electron chi connectivity index (χ2n) is 4.04. The van der Waals surface area contributed by atoms with Crippen LogP contribution in [0.5, 0.6) is 5.75 Å². The second kappa shape index (κ2) is 5.95. The molecule has 1 atom stereocenters. The summed E-state index contributed by atoms with van der Waals surface area (Å²) >= 11 is 1.62. The van der Waals surface area contributed by atoms with E-state index in [0.29, 0.717) is 0 Å². The fourth-order valence-corrected chi connectivity index (χ4v) is 2.83. The van der Waals surface area contributed by atoms with E-state index in [1.807, 2.05) is 30.6 Å². The zero-order chi connectivity index (χ0) is 13.0. The summed E-state index contributed by atoms with van der Waals surface area (Å²) in [6.07, 6.45) is 0.781. The molecular formula is C13H17N3OS. The molecule has 0 aliphatic heterocycles. The average Bonchev–Trinajstić information content (AvgIpc) is 2.82. The molecule has 0 aliphatic carbocycles. The summed E-state index contributed by atoms with van der Waals surface area (Å²) < 4.78 is 5.36. The Morgan fingerprint density at radius 1 is 1.44 bits per heavy atom. The number of para-hydroxylation sites is 1. The summed E-state index contributed by atoms with van der Waals surface area (Å²) in [5.41, 5.74) is 6.87. The fourth-order valence-electron chi connectivity index (χ4n) is 1.96. The molecule has 1 heterocycles. The van der Waals surface area contributed by atoms with Crippen LogP contribution in [0.15, 0.2) is 29.8 Å². The molecule has 2 aromatic rings. The number of thiazole rings is 1. The van der Waals surface area contributed by atoms with E-state index in [1.165, 1.54) is 4.88 Å². The first-order valence-electron chi connectivity index (χ1n) is 5.74. The molecule has 0 spiro atoms. The van der Waals surface area contributed by atoms with E-state index >= 15 is 0 Å². The van der Waals surface area contributed by atoms with Crippen LogP contribution in [0.1, 0.15) is 22.2 Å². The van der Waals surface area contributed by atoms with E-state index in [-0.39, 0.29) is 6.04 Å². The minimum Gasteiger partial charge on any atom is -0.496 e. The first-order valence-corrected chi connectivity index (χ1v) is 6.62. The second-order valence-corrected chi connectivity index (χ2v) is 4.92. The molecule has 0 bridgehead atoms. The van der Waals surface area contributed by atoms with Crippen LogP contribution in [-0.4, -0.2) is 12.1 Å². The van der Waals surface area contributed by atoms with Gasteiger partial charge in [-0.3, -0.25) is 11.3 Å². The maximum absolute atomic E-state index is 5.66. The zero-order valence-corrected chi connectivity index (χ0v) is 11.3. The Morgan fingerprint density at radius 3 is 2.83 bits per heavy atom. The molecule has 4 nitrogen and oxygen atoms in total. The SMILES string of the molecule is COc1ccccc1CC(NN)c1scnc1C. The monoisotopic (exact) mass is 263 g/mol. The lowest BCUT2D eigenvalue weighted by Gasteiger charge is -2.16.